The van der Waals surface area contributed by atoms with E-state index < -0.39 is 0 Å². The van der Waals surface area contributed by atoms with Gasteiger partial charge in [-0.1, -0.05) is 219 Å². The summed E-state index contributed by atoms with van der Waals surface area (Å²) in [5.74, 6) is 0. The van der Waals surface area contributed by atoms with Crippen molar-refractivity contribution in [2.45, 2.75) is 118 Å². The second-order valence-electron chi connectivity index (χ2n) is 21.5. The molecule has 0 unspecified atom stereocenters. The highest BCUT2D eigenvalue weighted by Crippen LogP contribution is 2.43. The van der Waals surface area contributed by atoms with Crippen LogP contribution in [0.2, 0.25) is 0 Å². The zero-order chi connectivity index (χ0) is 53.8. The number of hydrogen-bond donors (Lipinski definition) is 0. The average Bonchev–Trinajstić information content (AvgIpc) is 3.56. The van der Waals surface area contributed by atoms with Gasteiger partial charge in [0.25, 0.3) is 0 Å². The maximum atomic E-state index is 3.76. The fourth-order valence-corrected chi connectivity index (χ4v) is 12.2. The Morgan fingerprint density at radius 3 is 1.01 bits per heavy atom. The smallest absolute Gasteiger partial charge is 0.0472 e. The third-order valence-corrected chi connectivity index (χ3v) is 16.8. The molecule has 0 heterocycles. The summed E-state index contributed by atoms with van der Waals surface area (Å²) < 4.78 is 2.12. The van der Waals surface area contributed by atoms with Gasteiger partial charge in [0.05, 0.1) is 0 Å². The Bertz CT molecular complexity index is 3340. The van der Waals surface area contributed by atoms with Gasteiger partial charge in [-0.05, 0) is 214 Å². The van der Waals surface area contributed by atoms with Crippen LogP contribution >= 0.6 is 31.9 Å². The lowest BCUT2D eigenvalue weighted by Crippen LogP contribution is -2.10. The second kappa shape index (κ2) is 26.3. The van der Waals surface area contributed by atoms with E-state index in [0.29, 0.717) is 0 Å². The summed E-state index contributed by atoms with van der Waals surface area (Å²) >= 11 is 7.53. The lowest BCUT2D eigenvalue weighted by atomic mass is 9.86. The largest absolute Gasteiger partial charge is 0.310 e. The molecule has 0 atom stereocenters. The first kappa shape index (κ1) is 54.6. The van der Waals surface area contributed by atoms with Crippen LogP contribution in [-0.4, -0.2) is 0 Å². The van der Waals surface area contributed by atoms with E-state index in [2.05, 4.69) is 276 Å². The van der Waals surface area contributed by atoms with Gasteiger partial charge in [0.15, 0.2) is 0 Å². The molecule has 10 aromatic carbocycles. The van der Waals surface area contributed by atoms with Crippen LogP contribution < -0.4 is 9.80 Å². The van der Waals surface area contributed by atoms with E-state index in [4.69, 9.17) is 0 Å². The molecule has 394 valence electrons. The number of halogens is 2. The van der Waals surface area contributed by atoms with Crippen molar-refractivity contribution in [3.63, 3.8) is 0 Å². The first-order chi connectivity index (χ1) is 38.2. The molecule has 0 N–H and O–H groups in total. The second-order valence-corrected chi connectivity index (χ2v) is 23.3. The molecule has 0 saturated carbocycles. The first-order valence-electron chi connectivity index (χ1n) is 28.8. The zero-order valence-electron chi connectivity index (χ0n) is 46.2. The quantitative estimate of drug-likeness (QED) is 0.0589. The van der Waals surface area contributed by atoms with Crippen molar-refractivity contribution in [1.29, 1.82) is 0 Å². The summed E-state index contributed by atoms with van der Waals surface area (Å²) in [5.41, 5.74) is 19.5. The van der Waals surface area contributed by atoms with Crippen molar-refractivity contribution >= 4 is 87.5 Å². The third kappa shape index (κ3) is 13.1. The van der Waals surface area contributed by atoms with Gasteiger partial charge in [-0.2, -0.15) is 0 Å². The Morgan fingerprint density at radius 1 is 0.308 bits per heavy atom. The zero-order valence-corrected chi connectivity index (χ0v) is 49.4. The van der Waals surface area contributed by atoms with Crippen molar-refractivity contribution in [3.05, 3.63) is 237 Å². The molecule has 10 aromatic rings. The van der Waals surface area contributed by atoms with Gasteiger partial charge in [-0.15, -0.1) is 0 Å². The maximum Gasteiger partial charge on any atom is 0.0472 e. The molecule has 4 heteroatoms. The highest BCUT2D eigenvalue weighted by molar-refractivity contribution is 9.10. The number of rotatable bonds is 23. The van der Waals surface area contributed by atoms with Crippen LogP contribution in [0.25, 0.3) is 54.9 Å². The van der Waals surface area contributed by atoms with Crippen molar-refractivity contribution in [2.24, 2.45) is 0 Å². The predicted octanol–water partition coefficient (Wildman–Crippen LogP) is 23.9. The molecule has 0 amide bonds. The normalized spacial score (nSPS) is 11.4. The minimum Gasteiger partial charge on any atom is -0.310 e. The van der Waals surface area contributed by atoms with Crippen LogP contribution in [0, 0.1) is 13.8 Å². The van der Waals surface area contributed by atoms with Gasteiger partial charge >= 0.3 is 0 Å². The van der Waals surface area contributed by atoms with Gasteiger partial charge in [-0.3, -0.25) is 0 Å². The average molecular weight is 1150 g/mol. The number of hydrogen-bond acceptors (Lipinski definition) is 2. The van der Waals surface area contributed by atoms with Crippen molar-refractivity contribution in [3.8, 4) is 33.4 Å². The standard InChI is InChI=1S/C74H74Br2N2/c1-5-7-9-11-13-15-19-55-27-41-65(42-28-55)77(69-23-17-21-63(75)51-69)67-45-37-57(38-46-67)61-35-33-59-31-25-53(3)73(71(59)49-61)74-54(4)26-32-60-34-36-62(50-72(60)74)58-39-47-68(48-40-58)78(70-24-18-22-64(76)52-70)66-43-29-56(30-44-66)20-16-14-12-10-8-6-2/h17-18,21-52H,5-16,19-20H2,1-4H3. The van der Waals surface area contributed by atoms with Crippen LogP contribution in [-0.2, 0) is 12.8 Å². The van der Waals surface area contributed by atoms with E-state index in [1.54, 1.807) is 0 Å². The summed E-state index contributed by atoms with van der Waals surface area (Å²) in [5, 5.41) is 5.01. The molecular formula is C74H74Br2N2. The fraction of sp³-hybridized carbons (Fsp3) is 0.243. The Morgan fingerprint density at radius 2 is 0.641 bits per heavy atom. The molecule has 0 aliphatic carbocycles. The van der Waals surface area contributed by atoms with Gasteiger partial charge in [-0.25, -0.2) is 0 Å². The monoisotopic (exact) mass is 1150 g/mol. The molecule has 10 rings (SSSR count). The summed E-state index contributed by atoms with van der Waals surface area (Å²) in [6.45, 7) is 9.11. The number of fused-ring (bicyclic) bond motifs is 2. The van der Waals surface area contributed by atoms with E-state index in [1.807, 2.05) is 0 Å². The Hall–Kier alpha value is -6.72. The summed E-state index contributed by atoms with van der Waals surface area (Å²) in [6.07, 6.45) is 18.0. The number of aryl methyl sites for hydroxylation is 4. The summed E-state index contributed by atoms with van der Waals surface area (Å²) in [4.78, 5) is 4.73. The lowest BCUT2D eigenvalue weighted by Gasteiger charge is -2.26. The number of anilines is 6. The van der Waals surface area contributed by atoms with Gasteiger partial charge < -0.3 is 9.80 Å². The molecule has 78 heavy (non-hydrogen) atoms. The van der Waals surface area contributed by atoms with Crippen LogP contribution in [0.1, 0.15) is 113 Å². The molecule has 0 aromatic heterocycles. The van der Waals surface area contributed by atoms with Gasteiger partial charge in [0.2, 0.25) is 0 Å². The number of unbranched alkanes of at least 4 members (excludes halogenated alkanes) is 10. The lowest BCUT2D eigenvalue weighted by molar-refractivity contribution is 0.607. The first-order valence-corrected chi connectivity index (χ1v) is 30.4. The van der Waals surface area contributed by atoms with Crippen LogP contribution in [0.5, 0.6) is 0 Å². The molecule has 0 fully saturated rings. The summed E-state index contributed by atoms with van der Waals surface area (Å²) in [6, 6.07) is 77.1. The molecule has 0 aliphatic rings. The Kier molecular flexibility index (Phi) is 18.4. The van der Waals surface area contributed by atoms with E-state index in [0.717, 1.165) is 55.9 Å². The molecule has 0 radical (unpaired) electrons. The van der Waals surface area contributed by atoms with Gasteiger partial charge in [0, 0.05) is 43.1 Å². The topological polar surface area (TPSA) is 6.48 Å². The predicted molar refractivity (Wildman–Crippen MR) is 346 cm³/mol. The van der Waals surface area contributed by atoms with Crippen molar-refractivity contribution in [2.75, 3.05) is 9.80 Å². The van der Waals surface area contributed by atoms with E-state index in [1.165, 1.54) is 154 Å². The fourth-order valence-electron chi connectivity index (χ4n) is 11.5. The summed E-state index contributed by atoms with van der Waals surface area (Å²) in [7, 11) is 0. The molecule has 0 spiro atoms. The molecule has 0 bridgehead atoms. The minimum atomic E-state index is 1.06. The van der Waals surface area contributed by atoms with Crippen molar-refractivity contribution < 1.29 is 0 Å². The van der Waals surface area contributed by atoms with E-state index in [-0.39, 0.29) is 0 Å². The SMILES string of the molecule is CCCCCCCCc1ccc(N(c2ccc(-c3ccc4ccc(C)c(-c5c(C)ccc6ccc(-c7ccc(N(c8ccc(CCCCCCCC)cc8)c8cccc(Br)c8)cc7)cc56)c4c3)cc2)c2cccc(Br)c2)cc1. The Balaban J connectivity index is 0.938. The van der Waals surface area contributed by atoms with Crippen LogP contribution in [0.4, 0.5) is 34.1 Å². The van der Waals surface area contributed by atoms with Crippen LogP contribution in [0.15, 0.2) is 215 Å². The van der Waals surface area contributed by atoms with Crippen molar-refractivity contribution in [1.82, 2.24) is 0 Å². The Labute approximate surface area is 482 Å². The highest BCUT2D eigenvalue weighted by atomic mass is 79.9. The van der Waals surface area contributed by atoms with E-state index in [9.17, 15) is 0 Å². The third-order valence-electron chi connectivity index (χ3n) is 15.8. The number of benzene rings is 10. The van der Waals surface area contributed by atoms with E-state index >= 15 is 0 Å². The maximum absolute atomic E-state index is 3.76. The number of nitrogens with zero attached hydrogens (tertiary/aromatic N) is 2. The van der Waals surface area contributed by atoms with Crippen LogP contribution in [0.3, 0.4) is 0 Å². The minimum absolute atomic E-state index is 1.06. The molecule has 2 nitrogen and oxygen atoms in total. The highest BCUT2D eigenvalue weighted by Gasteiger charge is 2.19. The molecule has 0 saturated heterocycles. The van der Waals surface area contributed by atoms with Gasteiger partial charge in [0.1, 0.15) is 0 Å². The molecular weight excluding hydrogens is 1080 g/mol. The molecule has 0 aliphatic heterocycles.